The highest BCUT2D eigenvalue weighted by atomic mass is 35.5. The molecule has 1 aromatic heterocycles. The van der Waals surface area contributed by atoms with Crippen molar-refractivity contribution < 1.29 is 14.1 Å². The molecular formula is C22H16ClN3O3. The van der Waals surface area contributed by atoms with E-state index in [0.29, 0.717) is 28.2 Å². The van der Waals surface area contributed by atoms with E-state index in [1.165, 1.54) is 0 Å². The fraction of sp³-hybridized carbons (Fsp3) is 0.0455. The summed E-state index contributed by atoms with van der Waals surface area (Å²) in [4.78, 5) is 16.5. The van der Waals surface area contributed by atoms with Crippen LogP contribution in [0.25, 0.3) is 22.8 Å². The number of carbonyl (C=O) groups excluding carboxylic acids is 1. The molecule has 7 heteroatoms. The summed E-state index contributed by atoms with van der Waals surface area (Å²) in [6.45, 7) is -0.143. The second kappa shape index (κ2) is 8.58. The molecule has 0 fully saturated rings. The van der Waals surface area contributed by atoms with Crippen molar-refractivity contribution >= 4 is 23.2 Å². The molecule has 0 spiro atoms. The summed E-state index contributed by atoms with van der Waals surface area (Å²) in [6, 6.07) is 23.7. The van der Waals surface area contributed by atoms with Gasteiger partial charge < -0.3 is 14.6 Å². The smallest absolute Gasteiger partial charge is 0.262 e. The van der Waals surface area contributed by atoms with Crippen LogP contribution < -0.4 is 10.1 Å². The first-order valence-corrected chi connectivity index (χ1v) is 9.23. The summed E-state index contributed by atoms with van der Waals surface area (Å²) in [5, 5.41) is 7.24. The largest absolute Gasteiger partial charge is 0.482 e. The van der Waals surface area contributed by atoms with Crippen LogP contribution in [0, 0.1) is 0 Å². The number of aromatic nitrogens is 2. The van der Waals surface area contributed by atoms with Crippen LogP contribution >= 0.6 is 11.6 Å². The molecule has 1 amide bonds. The number of carbonyl (C=O) groups is 1. The van der Waals surface area contributed by atoms with E-state index in [1.807, 2.05) is 30.3 Å². The lowest BCUT2D eigenvalue weighted by Gasteiger charge is -2.08. The topological polar surface area (TPSA) is 77.2 Å². The molecular weight excluding hydrogens is 390 g/mol. The maximum atomic E-state index is 12.1. The summed E-state index contributed by atoms with van der Waals surface area (Å²) >= 11 is 6.01. The van der Waals surface area contributed by atoms with Crippen molar-refractivity contribution in [1.82, 2.24) is 10.1 Å². The molecule has 0 radical (unpaired) electrons. The predicted molar refractivity (Wildman–Crippen MR) is 111 cm³/mol. The van der Waals surface area contributed by atoms with Gasteiger partial charge in [0.1, 0.15) is 5.75 Å². The van der Waals surface area contributed by atoms with Crippen LogP contribution in [0.2, 0.25) is 5.02 Å². The molecule has 6 nitrogen and oxygen atoms in total. The van der Waals surface area contributed by atoms with Gasteiger partial charge in [-0.25, -0.2) is 0 Å². The molecule has 0 bridgehead atoms. The van der Waals surface area contributed by atoms with Crippen molar-refractivity contribution in [2.24, 2.45) is 0 Å². The Balaban J connectivity index is 1.37. The lowest BCUT2D eigenvalue weighted by Crippen LogP contribution is -2.20. The number of hydrogen-bond acceptors (Lipinski definition) is 5. The van der Waals surface area contributed by atoms with Crippen LogP contribution in [0.4, 0.5) is 5.69 Å². The third-order valence-corrected chi connectivity index (χ3v) is 4.38. The van der Waals surface area contributed by atoms with Crippen LogP contribution in [0.15, 0.2) is 83.4 Å². The van der Waals surface area contributed by atoms with Gasteiger partial charge in [-0.2, -0.15) is 4.98 Å². The molecule has 1 N–H and O–H groups in total. The molecule has 0 atom stereocenters. The van der Waals surface area contributed by atoms with Crippen LogP contribution in [-0.4, -0.2) is 22.7 Å². The zero-order valence-corrected chi connectivity index (χ0v) is 16.0. The molecule has 0 aliphatic rings. The fourth-order valence-corrected chi connectivity index (χ4v) is 2.83. The van der Waals surface area contributed by atoms with Gasteiger partial charge in [-0.1, -0.05) is 59.2 Å². The lowest BCUT2D eigenvalue weighted by molar-refractivity contribution is -0.118. The number of anilines is 1. The Bertz CT molecular complexity index is 1110. The van der Waals surface area contributed by atoms with E-state index in [2.05, 4.69) is 15.5 Å². The zero-order chi connectivity index (χ0) is 20.1. The first kappa shape index (κ1) is 18.7. The normalized spacial score (nSPS) is 10.5. The second-order valence-electron chi connectivity index (χ2n) is 6.13. The number of hydrogen-bond donors (Lipinski definition) is 1. The quantitative estimate of drug-likeness (QED) is 0.484. The van der Waals surface area contributed by atoms with Gasteiger partial charge in [-0.15, -0.1) is 0 Å². The lowest BCUT2D eigenvalue weighted by atomic mass is 10.2. The van der Waals surface area contributed by atoms with Gasteiger partial charge in [0.25, 0.3) is 11.8 Å². The minimum Gasteiger partial charge on any atom is -0.482 e. The number of nitrogens with zero attached hydrogens (tertiary/aromatic N) is 2. The minimum atomic E-state index is -0.290. The number of para-hydroxylation sites is 1. The van der Waals surface area contributed by atoms with Crippen LogP contribution in [0.1, 0.15) is 0 Å². The van der Waals surface area contributed by atoms with E-state index in [0.717, 1.165) is 11.1 Å². The average molecular weight is 406 g/mol. The Hall–Kier alpha value is -3.64. The van der Waals surface area contributed by atoms with Gasteiger partial charge >= 0.3 is 0 Å². The van der Waals surface area contributed by atoms with Crippen molar-refractivity contribution in [2.75, 3.05) is 11.9 Å². The summed E-state index contributed by atoms with van der Waals surface area (Å²) in [5.74, 6) is 1.10. The van der Waals surface area contributed by atoms with Crippen LogP contribution in [0.5, 0.6) is 5.75 Å². The maximum Gasteiger partial charge on any atom is 0.262 e. The van der Waals surface area contributed by atoms with Crippen molar-refractivity contribution in [2.45, 2.75) is 0 Å². The third kappa shape index (κ3) is 4.62. The van der Waals surface area contributed by atoms with E-state index in [-0.39, 0.29) is 12.5 Å². The van der Waals surface area contributed by atoms with Crippen LogP contribution in [0.3, 0.4) is 0 Å². The van der Waals surface area contributed by atoms with Crippen molar-refractivity contribution in [3.05, 3.63) is 83.9 Å². The molecule has 0 aliphatic heterocycles. The number of ether oxygens (including phenoxy) is 1. The predicted octanol–water partition coefficient (Wildman–Crippen LogP) is 5.07. The van der Waals surface area contributed by atoms with Gasteiger partial charge in [-0.05, 0) is 36.4 Å². The minimum absolute atomic E-state index is 0.143. The first-order chi connectivity index (χ1) is 14.2. The SMILES string of the molecule is O=C(COc1ccccc1Cl)Nc1ccc(-c2nc(-c3ccccc3)no2)cc1. The fourth-order valence-electron chi connectivity index (χ4n) is 2.64. The molecule has 4 aromatic rings. The van der Waals surface area contributed by atoms with E-state index in [1.54, 1.807) is 48.5 Å². The molecule has 29 heavy (non-hydrogen) atoms. The monoisotopic (exact) mass is 405 g/mol. The molecule has 0 saturated heterocycles. The molecule has 3 aromatic carbocycles. The molecule has 4 rings (SSSR count). The van der Waals surface area contributed by atoms with Crippen molar-refractivity contribution in [3.63, 3.8) is 0 Å². The van der Waals surface area contributed by atoms with Gasteiger partial charge in [0.05, 0.1) is 5.02 Å². The van der Waals surface area contributed by atoms with E-state index >= 15 is 0 Å². The van der Waals surface area contributed by atoms with Crippen molar-refractivity contribution in [3.8, 4) is 28.6 Å². The number of rotatable bonds is 6. The van der Waals surface area contributed by atoms with Crippen molar-refractivity contribution in [1.29, 1.82) is 0 Å². The Morgan fingerprint density at radius 1 is 0.931 bits per heavy atom. The van der Waals surface area contributed by atoms with E-state index in [9.17, 15) is 4.79 Å². The highest BCUT2D eigenvalue weighted by Gasteiger charge is 2.11. The molecule has 144 valence electrons. The number of amides is 1. The van der Waals surface area contributed by atoms with E-state index < -0.39 is 0 Å². The number of halogens is 1. The third-order valence-electron chi connectivity index (χ3n) is 4.07. The standard InChI is InChI=1S/C22H16ClN3O3/c23-18-8-4-5-9-19(18)28-14-20(27)24-17-12-10-16(11-13-17)22-25-21(26-29-22)15-6-2-1-3-7-15/h1-13H,14H2,(H,24,27). The summed E-state index contributed by atoms with van der Waals surface area (Å²) in [7, 11) is 0. The highest BCUT2D eigenvalue weighted by molar-refractivity contribution is 6.32. The molecule has 0 saturated carbocycles. The number of nitrogens with one attached hydrogen (secondary N) is 1. The molecule has 0 aliphatic carbocycles. The molecule has 0 unspecified atom stereocenters. The van der Waals surface area contributed by atoms with Gasteiger partial charge in [0.2, 0.25) is 5.82 Å². The zero-order valence-electron chi connectivity index (χ0n) is 15.2. The Labute approximate surface area is 172 Å². The second-order valence-corrected chi connectivity index (χ2v) is 6.54. The van der Waals surface area contributed by atoms with Gasteiger partial charge in [-0.3, -0.25) is 4.79 Å². The Morgan fingerprint density at radius 3 is 2.41 bits per heavy atom. The van der Waals surface area contributed by atoms with Gasteiger partial charge in [0.15, 0.2) is 6.61 Å². The van der Waals surface area contributed by atoms with E-state index in [4.69, 9.17) is 20.9 Å². The average Bonchev–Trinajstić information content (AvgIpc) is 3.25. The highest BCUT2D eigenvalue weighted by Crippen LogP contribution is 2.24. The Morgan fingerprint density at radius 2 is 1.66 bits per heavy atom. The maximum absolute atomic E-state index is 12.1. The summed E-state index contributed by atoms with van der Waals surface area (Å²) in [5.41, 5.74) is 2.26. The summed E-state index contributed by atoms with van der Waals surface area (Å²) < 4.78 is 10.8. The van der Waals surface area contributed by atoms with Gasteiger partial charge in [0, 0.05) is 16.8 Å². The summed E-state index contributed by atoms with van der Waals surface area (Å²) in [6.07, 6.45) is 0. The molecule has 1 heterocycles. The van der Waals surface area contributed by atoms with Crippen LogP contribution in [-0.2, 0) is 4.79 Å². The Kier molecular flexibility index (Phi) is 5.54. The number of benzene rings is 3. The first-order valence-electron chi connectivity index (χ1n) is 8.86.